The molecule has 1 rings (SSSR count). The number of hydrogen-bond acceptors (Lipinski definition) is 3. The SMILES string of the molecule is C=CCc1c(NC(C)=O)ccc(C(C)=O)c1O. The van der Waals surface area contributed by atoms with Gasteiger partial charge in [0.05, 0.1) is 5.56 Å². The maximum Gasteiger partial charge on any atom is 0.221 e. The van der Waals surface area contributed by atoms with E-state index < -0.39 is 0 Å². The number of phenolic OH excluding ortho intramolecular Hbond substituents is 1. The molecule has 0 saturated heterocycles. The van der Waals surface area contributed by atoms with E-state index >= 15 is 0 Å². The van der Waals surface area contributed by atoms with Crippen LogP contribution in [0.3, 0.4) is 0 Å². The molecule has 0 spiro atoms. The standard InChI is InChI=1S/C13H15NO3/c1-4-5-11-12(14-9(3)16)7-6-10(8(2)15)13(11)17/h4,6-7,17H,1,5H2,2-3H3,(H,14,16). The summed E-state index contributed by atoms with van der Waals surface area (Å²) in [6.07, 6.45) is 1.98. The van der Waals surface area contributed by atoms with Crippen molar-refractivity contribution in [2.24, 2.45) is 0 Å². The number of carbonyl (C=O) groups excluding carboxylic acids is 2. The number of benzene rings is 1. The summed E-state index contributed by atoms with van der Waals surface area (Å²) < 4.78 is 0. The molecule has 0 unspecified atom stereocenters. The number of nitrogens with one attached hydrogen (secondary N) is 1. The predicted molar refractivity (Wildman–Crippen MR) is 66.3 cm³/mol. The van der Waals surface area contributed by atoms with Gasteiger partial charge in [0.15, 0.2) is 5.78 Å². The van der Waals surface area contributed by atoms with E-state index in [4.69, 9.17) is 0 Å². The molecule has 4 heteroatoms. The minimum atomic E-state index is -0.231. The number of Topliss-reactive ketones (excluding diaryl/α,β-unsaturated/α-hetero) is 1. The van der Waals surface area contributed by atoms with Crippen molar-refractivity contribution < 1.29 is 14.7 Å². The predicted octanol–water partition coefficient (Wildman–Crippen LogP) is 2.28. The molecule has 0 fully saturated rings. The molecule has 0 aliphatic carbocycles. The third-order valence-electron chi connectivity index (χ3n) is 2.32. The number of amides is 1. The number of anilines is 1. The first-order valence-corrected chi connectivity index (χ1v) is 5.21. The minimum absolute atomic E-state index is 0.0938. The molecule has 2 N–H and O–H groups in total. The Bertz CT molecular complexity index is 478. The zero-order chi connectivity index (χ0) is 13.0. The summed E-state index contributed by atoms with van der Waals surface area (Å²) in [5, 5.41) is 12.6. The molecule has 0 aromatic heterocycles. The monoisotopic (exact) mass is 233 g/mol. The first kappa shape index (κ1) is 13.0. The van der Waals surface area contributed by atoms with Gasteiger partial charge in [-0.2, -0.15) is 0 Å². The third kappa shape index (κ3) is 2.93. The Hall–Kier alpha value is -2.10. The number of hydrogen-bond donors (Lipinski definition) is 2. The zero-order valence-electron chi connectivity index (χ0n) is 9.91. The second-order valence-corrected chi connectivity index (χ2v) is 3.72. The summed E-state index contributed by atoms with van der Waals surface area (Å²) >= 11 is 0. The van der Waals surface area contributed by atoms with Gasteiger partial charge in [-0.05, 0) is 25.5 Å². The van der Waals surface area contributed by atoms with Gasteiger partial charge in [-0.15, -0.1) is 6.58 Å². The first-order chi connectivity index (χ1) is 7.97. The average molecular weight is 233 g/mol. The van der Waals surface area contributed by atoms with Gasteiger partial charge in [0.1, 0.15) is 5.75 Å². The fourth-order valence-electron chi connectivity index (χ4n) is 1.58. The van der Waals surface area contributed by atoms with Crippen LogP contribution in [0.2, 0.25) is 0 Å². The van der Waals surface area contributed by atoms with Crippen LogP contribution in [0, 0.1) is 0 Å². The molecular weight excluding hydrogens is 218 g/mol. The summed E-state index contributed by atoms with van der Waals surface area (Å²) in [6.45, 7) is 6.35. The smallest absolute Gasteiger partial charge is 0.221 e. The van der Waals surface area contributed by atoms with Crippen LogP contribution in [0.25, 0.3) is 0 Å². The van der Waals surface area contributed by atoms with Crippen molar-refractivity contribution >= 4 is 17.4 Å². The third-order valence-corrected chi connectivity index (χ3v) is 2.32. The van der Waals surface area contributed by atoms with Crippen molar-refractivity contribution in [3.05, 3.63) is 35.9 Å². The highest BCUT2D eigenvalue weighted by Gasteiger charge is 2.14. The number of ketones is 1. The van der Waals surface area contributed by atoms with E-state index in [2.05, 4.69) is 11.9 Å². The van der Waals surface area contributed by atoms with E-state index in [0.29, 0.717) is 17.7 Å². The molecule has 0 bridgehead atoms. The van der Waals surface area contributed by atoms with Gasteiger partial charge in [-0.25, -0.2) is 0 Å². The van der Waals surface area contributed by atoms with Crippen LogP contribution in [-0.2, 0) is 11.2 Å². The molecule has 0 radical (unpaired) electrons. The quantitative estimate of drug-likeness (QED) is 0.619. The molecule has 17 heavy (non-hydrogen) atoms. The van der Waals surface area contributed by atoms with E-state index in [-0.39, 0.29) is 23.0 Å². The fourth-order valence-corrected chi connectivity index (χ4v) is 1.58. The van der Waals surface area contributed by atoms with Gasteiger partial charge in [0, 0.05) is 18.2 Å². The normalized spacial score (nSPS) is 9.76. The Morgan fingerprint density at radius 1 is 1.41 bits per heavy atom. The Labute approximate surface area is 100.0 Å². The molecule has 0 heterocycles. The molecule has 4 nitrogen and oxygen atoms in total. The molecule has 0 atom stereocenters. The lowest BCUT2D eigenvalue weighted by molar-refractivity contribution is -0.114. The van der Waals surface area contributed by atoms with Crippen LogP contribution in [0.4, 0.5) is 5.69 Å². The average Bonchev–Trinajstić information content (AvgIpc) is 2.22. The number of aromatic hydroxyl groups is 1. The maximum absolute atomic E-state index is 11.3. The summed E-state index contributed by atoms with van der Waals surface area (Å²) in [6, 6.07) is 3.10. The van der Waals surface area contributed by atoms with Crippen molar-refractivity contribution in [3.8, 4) is 5.75 Å². The van der Waals surface area contributed by atoms with Crippen molar-refractivity contribution in [3.63, 3.8) is 0 Å². The van der Waals surface area contributed by atoms with E-state index in [1.807, 2.05) is 0 Å². The lowest BCUT2D eigenvalue weighted by atomic mass is 10.0. The van der Waals surface area contributed by atoms with E-state index in [9.17, 15) is 14.7 Å². The van der Waals surface area contributed by atoms with Crippen LogP contribution in [0.1, 0.15) is 29.8 Å². The minimum Gasteiger partial charge on any atom is -0.507 e. The van der Waals surface area contributed by atoms with E-state index in [1.165, 1.54) is 19.9 Å². The first-order valence-electron chi connectivity index (χ1n) is 5.21. The molecule has 0 saturated carbocycles. The fraction of sp³-hybridized carbons (Fsp3) is 0.231. The zero-order valence-corrected chi connectivity index (χ0v) is 9.91. The van der Waals surface area contributed by atoms with Crippen molar-refractivity contribution in [2.45, 2.75) is 20.3 Å². The molecular formula is C13H15NO3. The molecule has 0 aliphatic heterocycles. The van der Waals surface area contributed by atoms with Crippen LogP contribution in [0.15, 0.2) is 24.8 Å². The summed E-state index contributed by atoms with van der Waals surface area (Å²) in [7, 11) is 0. The number of carbonyl (C=O) groups is 2. The second kappa shape index (κ2) is 5.30. The second-order valence-electron chi connectivity index (χ2n) is 3.72. The Morgan fingerprint density at radius 2 is 2.06 bits per heavy atom. The molecule has 90 valence electrons. The van der Waals surface area contributed by atoms with Crippen molar-refractivity contribution in [1.29, 1.82) is 0 Å². The van der Waals surface area contributed by atoms with E-state index in [0.717, 1.165) is 0 Å². The summed E-state index contributed by atoms with van der Waals surface area (Å²) in [5.74, 6) is -0.545. The van der Waals surface area contributed by atoms with Gasteiger partial charge in [0.2, 0.25) is 5.91 Å². The van der Waals surface area contributed by atoms with E-state index in [1.54, 1.807) is 12.1 Å². The highest BCUT2D eigenvalue weighted by molar-refractivity contribution is 5.99. The largest absolute Gasteiger partial charge is 0.507 e. The molecule has 0 aliphatic rings. The van der Waals surface area contributed by atoms with Crippen molar-refractivity contribution in [2.75, 3.05) is 5.32 Å². The van der Waals surface area contributed by atoms with Crippen molar-refractivity contribution in [1.82, 2.24) is 0 Å². The van der Waals surface area contributed by atoms with Crippen LogP contribution < -0.4 is 5.32 Å². The lowest BCUT2D eigenvalue weighted by Gasteiger charge is -2.12. The number of rotatable bonds is 4. The van der Waals surface area contributed by atoms with Gasteiger partial charge in [0.25, 0.3) is 0 Å². The topological polar surface area (TPSA) is 66.4 Å². The Balaban J connectivity index is 3.32. The van der Waals surface area contributed by atoms with Crippen LogP contribution in [-0.4, -0.2) is 16.8 Å². The van der Waals surface area contributed by atoms with Gasteiger partial charge in [-0.3, -0.25) is 9.59 Å². The molecule has 1 amide bonds. The highest BCUT2D eigenvalue weighted by Crippen LogP contribution is 2.30. The molecule has 1 aromatic carbocycles. The number of phenols is 1. The van der Waals surface area contributed by atoms with Crippen LogP contribution >= 0.6 is 0 Å². The Kier molecular flexibility index (Phi) is 4.04. The molecule has 1 aromatic rings. The van der Waals surface area contributed by atoms with Crippen LogP contribution in [0.5, 0.6) is 5.75 Å². The van der Waals surface area contributed by atoms with Gasteiger partial charge >= 0.3 is 0 Å². The Morgan fingerprint density at radius 3 is 2.53 bits per heavy atom. The van der Waals surface area contributed by atoms with Gasteiger partial charge in [-0.1, -0.05) is 6.08 Å². The summed E-state index contributed by atoms with van der Waals surface area (Å²) in [5.41, 5.74) is 1.25. The highest BCUT2D eigenvalue weighted by atomic mass is 16.3. The maximum atomic E-state index is 11.3. The lowest BCUT2D eigenvalue weighted by Crippen LogP contribution is -2.09. The number of allylic oxidation sites excluding steroid dienone is 1. The summed E-state index contributed by atoms with van der Waals surface area (Å²) in [4.78, 5) is 22.3. The van der Waals surface area contributed by atoms with Gasteiger partial charge < -0.3 is 10.4 Å².